The number of hydrogen-bond acceptors (Lipinski definition) is 6. The van der Waals surface area contributed by atoms with E-state index in [2.05, 4.69) is 23.9 Å². The van der Waals surface area contributed by atoms with Gasteiger partial charge >= 0.3 is 5.97 Å². The average molecular weight is 537 g/mol. The number of nitrogens with zero attached hydrogens (tertiary/aromatic N) is 1. The number of halogens is 1. The van der Waals surface area contributed by atoms with Crippen LogP contribution in [0.5, 0.6) is 0 Å². The van der Waals surface area contributed by atoms with Gasteiger partial charge in [-0.1, -0.05) is 39.2 Å². The van der Waals surface area contributed by atoms with Gasteiger partial charge in [0.05, 0.1) is 24.7 Å². The number of nitrogens with one attached hydrogen (secondary N) is 1. The molecule has 2 heterocycles. The van der Waals surface area contributed by atoms with Gasteiger partial charge in [0.15, 0.2) is 0 Å². The first-order chi connectivity index (χ1) is 18.5. The third-order valence-corrected chi connectivity index (χ3v) is 7.49. The van der Waals surface area contributed by atoms with Crippen molar-refractivity contribution in [2.75, 3.05) is 19.0 Å². The van der Waals surface area contributed by atoms with Gasteiger partial charge in [0.2, 0.25) is 5.91 Å². The van der Waals surface area contributed by atoms with Crippen molar-refractivity contribution < 1.29 is 23.5 Å². The fraction of sp³-hybridized carbons (Fsp3) is 0.433. The number of ether oxygens (including phenoxy) is 1. The first-order valence-electron chi connectivity index (χ1n) is 13.4. The maximum Gasteiger partial charge on any atom is 0.319 e. The van der Waals surface area contributed by atoms with E-state index in [1.807, 2.05) is 12.1 Å². The Morgan fingerprint density at radius 1 is 1.10 bits per heavy atom. The predicted molar refractivity (Wildman–Crippen MR) is 150 cm³/mol. The molecule has 0 atom stereocenters. The molecule has 39 heavy (non-hydrogen) atoms. The molecule has 1 aliphatic carbocycles. The van der Waals surface area contributed by atoms with Crippen molar-refractivity contribution in [1.82, 2.24) is 4.57 Å². The zero-order valence-corrected chi connectivity index (χ0v) is 22.8. The summed E-state index contributed by atoms with van der Waals surface area (Å²) in [5.74, 6) is -1.17. The predicted octanol–water partition coefficient (Wildman–Crippen LogP) is 5.02. The van der Waals surface area contributed by atoms with E-state index in [0.717, 1.165) is 48.0 Å². The Morgan fingerprint density at radius 3 is 2.44 bits per heavy atom. The Balaban J connectivity index is 0.000000531. The van der Waals surface area contributed by atoms with Crippen LogP contribution in [-0.2, 0) is 16.0 Å². The highest BCUT2D eigenvalue weighted by Gasteiger charge is 2.35. The van der Waals surface area contributed by atoms with Crippen molar-refractivity contribution in [3.05, 3.63) is 53.5 Å². The van der Waals surface area contributed by atoms with Gasteiger partial charge in [-0.2, -0.15) is 0 Å². The number of carbonyl (C=O) groups excluding carboxylic acids is 3. The van der Waals surface area contributed by atoms with Crippen LogP contribution < -0.4 is 16.8 Å². The largest absolute Gasteiger partial charge is 0.468 e. The minimum atomic E-state index is -0.481. The Morgan fingerprint density at radius 2 is 1.82 bits per heavy atom. The summed E-state index contributed by atoms with van der Waals surface area (Å²) in [7, 11) is 1.30. The number of hydrogen-bond donors (Lipinski definition) is 3. The van der Waals surface area contributed by atoms with Crippen molar-refractivity contribution in [3.63, 3.8) is 0 Å². The number of nitrogens with two attached hydrogens (primary N) is 2. The fourth-order valence-corrected chi connectivity index (χ4v) is 5.68. The van der Waals surface area contributed by atoms with Gasteiger partial charge in [0.1, 0.15) is 5.82 Å². The minimum Gasteiger partial charge on any atom is -0.468 e. The van der Waals surface area contributed by atoms with E-state index in [1.54, 1.807) is 16.7 Å². The molecule has 8 nitrogen and oxygen atoms in total. The van der Waals surface area contributed by atoms with E-state index in [1.165, 1.54) is 25.7 Å². The molecule has 3 aromatic rings. The SMILES string of the molecule is CC1(C)CC(=O)n2c(c(-c3ccc(C(N)=O)c(NC4CCCCC4)c3)c3cc(F)ccc32)C1.COC(=O)CN. The Bertz CT molecular complexity index is 1400. The first kappa shape index (κ1) is 28.3. The normalized spacial score (nSPS) is 16.7. The number of rotatable bonds is 5. The number of benzene rings is 2. The molecular formula is C30H37FN4O4. The van der Waals surface area contributed by atoms with Crippen LogP contribution >= 0.6 is 0 Å². The molecule has 2 aliphatic rings. The lowest BCUT2D eigenvalue weighted by Gasteiger charge is -2.30. The number of fused-ring (bicyclic) bond motifs is 3. The van der Waals surface area contributed by atoms with Gasteiger partial charge in [-0.15, -0.1) is 0 Å². The second-order valence-electron chi connectivity index (χ2n) is 11.1. The Kier molecular flexibility index (Phi) is 8.39. The van der Waals surface area contributed by atoms with Crippen LogP contribution in [0.15, 0.2) is 36.4 Å². The van der Waals surface area contributed by atoms with Crippen molar-refractivity contribution in [2.24, 2.45) is 16.9 Å². The third-order valence-electron chi connectivity index (χ3n) is 7.49. The van der Waals surface area contributed by atoms with Crippen LogP contribution in [0.3, 0.4) is 0 Å². The van der Waals surface area contributed by atoms with Crippen LogP contribution in [0.2, 0.25) is 0 Å². The molecule has 1 amide bonds. The average Bonchev–Trinajstić information content (AvgIpc) is 3.21. The van der Waals surface area contributed by atoms with Crippen LogP contribution in [-0.4, -0.2) is 42.0 Å². The lowest BCUT2D eigenvalue weighted by Crippen LogP contribution is -2.31. The first-order valence-corrected chi connectivity index (χ1v) is 13.4. The van der Waals surface area contributed by atoms with E-state index in [0.29, 0.717) is 35.5 Å². The zero-order valence-electron chi connectivity index (χ0n) is 22.8. The van der Waals surface area contributed by atoms with E-state index >= 15 is 0 Å². The summed E-state index contributed by atoms with van der Waals surface area (Å²) in [6.07, 6.45) is 6.82. The summed E-state index contributed by atoms with van der Waals surface area (Å²) >= 11 is 0. The quantitative estimate of drug-likeness (QED) is 0.393. The lowest BCUT2D eigenvalue weighted by molar-refractivity contribution is -0.138. The highest BCUT2D eigenvalue weighted by molar-refractivity contribution is 6.06. The number of carbonyl (C=O) groups is 3. The van der Waals surface area contributed by atoms with Gasteiger partial charge in [-0.3, -0.25) is 19.0 Å². The maximum absolute atomic E-state index is 14.3. The van der Waals surface area contributed by atoms with E-state index < -0.39 is 5.91 Å². The van der Waals surface area contributed by atoms with Crippen molar-refractivity contribution >= 4 is 34.4 Å². The second kappa shape index (κ2) is 11.6. The Hall–Kier alpha value is -3.72. The van der Waals surface area contributed by atoms with Crippen molar-refractivity contribution in [3.8, 4) is 11.1 Å². The van der Waals surface area contributed by atoms with Crippen molar-refractivity contribution in [1.29, 1.82) is 0 Å². The van der Waals surface area contributed by atoms with E-state index in [4.69, 9.17) is 11.5 Å². The fourth-order valence-electron chi connectivity index (χ4n) is 5.68. The number of primary amides is 1. The summed E-state index contributed by atoms with van der Waals surface area (Å²) in [6, 6.07) is 10.4. The van der Waals surface area contributed by atoms with Crippen LogP contribution in [0.4, 0.5) is 10.1 Å². The summed E-state index contributed by atoms with van der Waals surface area (Å²) in [6.45, 7) is 4.14. The molecule has 2 aromatic carbocycles. The molecule has 1 aliphatic heterocycles. The van der Waals surface area contributed by atoms with Crippen LogP contribution in [0.1, 0.15) is 73.2 Å². The van der Waals surface area contributed by atoms with E-state index in [9.17, 15) is 18.8 Å². The van der Waals surface area contributed by atoms with Gasteiger partial charge < -0.3 is 21.5 Å². The summed E-state index contributed by atoms with van der Waals surface area (Å²) in [4.78, 5) is 35.1. The molecule has 9 heteroatoms. The van der Waals surface area contributed by atoms with Gasteiger partial charge in [-0.05, 0) is 60.6 Å². The number of amides is 1. The molecule has 208 valence electrons. The zero-order chi connectivity index (χ0) is 28.3. The Labute approximate surface area is 227 Å². The number of aromatic nitrogens is 1. The summed E-state index contributed by atoms with van der Waals surface area (Å²) < 4.78 is 20.2. The molecule has 1 aromatic heterocycles. The smallest absolute Gasteiger partial charge is 0.319 e. The van der Waals surface area contributed by atoms with Crippen molar-refractivity contribution in [2.45, 2.75) is 64.8 Å². The van der Waals surface area contributed by atoms with Gasteiger partial charge in [0.25, 0.3) is 5.91 Å². The van der Waals surface area contributed by atoms with Crippen LogP contribution in [0, 0.1) is 11.2 Å². The summed E-state index contributed by atoms with van der Waals surface area (Å²) in [5.41, 5.74) is 14.8. The molecule has 0 saturated heterocycles. The topological polar surface area (TPSA) is 129 Å². The highest BCUT2D eigenvalue weighted by Crippen LogP contribution is 2.43. The second-order valence-corrected chi connectivity index (χ2v) is 11.1. The molecule has 5 N–H and O–H groups in total. The maximum atomic E-state index is 14.3. The minimum absolute atomic E-state index is 0.0263. The monoisotopic (exact) mass is 536 g/mol. The molecule has 0 unspecified atom stereocenters. The molecule has 0 bridgehead atoms. The molecule has 0 radical (unpaired) electrons. The lowest BCUT2D eigenvalue weighted by atomic mass is 9.80. The number of esters is 1. The molecule has 1 fully saturated rings. The van der Waals surface area contributed by atoms with E-state index in [-0.39, 0.29) is 29.7 Å². The van der Waals surface area contributed by atoms with Gasteiger partial charge in [-0.25, -0.2) is 4.39 Å². The number of methoxy groups -OCH3 is 1. The summed E-state index contributed by atoms with van der Waals surface area (Å²) in [5, 5.41) is 4.26. The molecule has 5 rings (SSSR count). The van der Waals surface area contributed by atoms with Gasteiger partial charge in [0, 0.05) is 34.8 Å². The molecule has 1 saturated carbocycles. The third kappa shape index (κ3) is 6.14. The molecule has 0 spiro atoms. The highest BCUT2D eigenvalue weighted by atomic mass is 19.1. The standard InChI is InChI=1S/C27H30FN3O2.C3H7NO2/c1-27(2)14-23-25(20-13-17(28)9-11-22(20)31(23)24(32)15-27)16-8-10-19(26(29)33)21(12-16)30-18-6-4-3-5-7-18;1-6-3(5)2-4/h8-13,18,30H,3-7,14-15H2,1-2H3,(H2,29,33);2,4H2,1H3. The van der Waals surface area contributed by atoms with Crippen LogP contribution in [0.25, 0.3) is 22.0 Å². The molecular weight excluding hydrogens is 499 g/mol. The number of anilines is 1.